The molecule has 0 saturated heterocycles. The van der Waals surface area contributed by atoms with Gasteiger partial charge in [0.2, 0.25) is 5.88 Å². The minimum Gasteiger partial charge on any atom is -0.457 e. The maximum Gasteiger partial charge on any atom is 0.416 e. The van der Waals surface area contributed by atoms with E-state index in [1.165, 1.54) is 19.1 Å². The molecule has 1 aliphatic heterocycles. The highest BCUT2D eigenvalue weighted by atomic mass is 19.4. The van der Waals surface area contributed by atoms with Crippen molar-refractivity contribution in [2.45, 2.75) is 25.6 Å². The number of ether oxygens (including phenoxy) is 2. The number of benzene rings is 2. The molecule has 2 N–H and O–H groups in total. The first-order valence-corrected chi connectivity index (χ1v) is 8.89. The monoisotopic (exact) mass is 414 g/mol. The van der Waals surface area contributed by atoms with E-state index in [2.05, 4.69) is 0 Å². The largest absolute Gasteiger partial charge is 0.457 e. The second-order valence-electron chi connectivity index (χ2n) is 6.58. The molecule has 1 heterocycles. The number of carbonyl (C=O) groups is 1. The zero-order chi connectivity index (χ0) is 21.9. The summed E-state index contributed by atoms with van der Waals surface area (Å²) in [6.07, 6.45) is -4.51. The van der Waals surface area contributed by atoms with E-state index in [4.69, 9.17) is 15.2 Å². The van der Waals surface area contributed by atoms with Crippen molar-refractivity contribution in [1.82, 2.24) is 0 Å². The number of nitrogens with two attached hydrogens (primary N) is 1. The summed E-state index contributed by atoms with van der Waals surface area (Å²) < 4.78 is 49.4. The van der Waals surface area contributed by atoms with Gasteiger partial charge >= 0.3 is 12.1 Å². The molecule has 0 saturated carbocycles. The number of alkyl halides is 3. The SMILES string of the molecule is CC1=C(C(=O)OCc2ccccc2)[C@@H](c2ccc(C(F)(F)F)cc2)C(C#N)=C(N)O1. The van der Waals surface area contributed by atoms with Crippen LogP contribution in [0.4, 0.5) is 13.2 Å². The molecule has 0 radical (unpaired) electrons. The fourth-order valence-corrected chi connectivity index (χ4v) is 3.14. The van der Waals surface area contributed by atoms with Gasteiger partial charge in [0.05, 0.1) is 17.1 Å². The van der Waals surface area contributed by atoms with Gasteiger partial charge in [0, 0.05) is 0 Å². The Morgan fingerprint density at radius 3 is 2.37 bits per heavy atom. The number of esters is 1. The smallest absolute Gasteiger partial charge is 0.416 e. The van der Waals surface area contributed by atoms with E-state index < -0.39 is 23.6 Å². The molecule has 0 unspecified atom stereocenters. The predicted molar refractivity (Wildman–Crippen MR) is 101 cm³/mol. The fraction of sp³-hybridized carbons (Fsp3) is 0.182. The van der Waals surface area contributed by atoms with Crippen LogP contribution < -0.4 is 5.73 Å². The Morgan fingerprint density at radius 2 is 1.80 bits per heavy atom. The van der Waals surface area contributed by atoms with Crippen LogP contribution in [0, 0.1) is 11.3 Å². The van der Waals surface area contributed by atoms with Crippen LogP contribution in [0.3, 0.4) is 0 Å². The summed E-state index contributed by atoms with van der Waals surface area (Å²) in [6.45, 7) is 1.47. The first-order valence-electron chi connectivity index (χ1n) is 8.89. The number of hydrogen-bond acceptors (Lipinski definition) is 5. The van der Waals surface area contributed by atoms with Crippen LogP contribution in [0.1, 0.15) is 29.5 Å². The Bertz CT molecular complexity index is 1050. The molecule has 0 aromatic heterocycles. The van der Waals surface area contributed by atoms with Gasteiger partial charge < -0.3 is 15.2 Å². The number of rotatable bonds is 4. The number of hydrogen-bond donors (Lipinski definition) is 1. The summed E-state index contributed by atoms with van der Waals surface area (Å²) in [4.78, 5) is 12.8. The van der Waals surface area contributed by atoms with Gasteiger partial charge in [0.15, 0.2) is 0 Å². The molecule has 0 aliphatic carbocycles. The first-order chi connectivity index (χ1) is 14.2. The lowest BCUT2D eigenvalue weighted by molar-refractivity contribution is -0.141. The van der Waals surface area contributed by atoms with E-state index in [1.807, 2.05) is 12.1 Å². The average Bonchev–Trinajstić information content (AvgIpc) is 2.72. The highest BCUT2D eigenvalue weighted by Crippen LogP contribution is 2.40. The Morgan fingerprint density at radius 1 is 1.17 bits per heavy atom. The Hall–Kier alpha value is -3.73. The van der Waals surface area contributed by atoms with Crippen molar-refractivity contribution in [2.75, 3.05) is 0 Å². The number of allylic oxidation sites excluding steroid dienone is 2. The third kappa shape index (κ3) is 4.30. The topological polar surface area (TPSA) is 85.3 Å². The summed E-state index contributed by atoms with van der Waals surface area (Å²) in [5.74, 6) is -1.84. The molecule has 2 aromatic rings. The highest BCUT2D eigenvalue weighted by Gasteiger charge is 2.37. The maximum atomic E-state index is 12.9. The van der Waals surface area contributed by atoms with E-state index >= 15 is 0 Å². The number of halogens is 3. The quantitative estimate of drug-likeness (QED) is 0.743. The van der Waals surface area contributed by atoms with Gasteiger partial charge in [-0.25, -0.2) is 4.79 Å². The van der Waals surface area contributed by atoms with Gasteiger partial charge in [0.25, 0.3) is 0 Å². The van der Waals surface area contributed by atoms with E-state index in [-0.39, 0.29) is 35.0 Å². The molecule has 3 rings (SSSR count). The van der Waals surface area contributed by atoms with Crippen LogP contribution in [0.25, 0.3) is 0 Å². The molecule has 30 heavy (non-hydrogen) atoms. The predicted octanol–water partition coefficient (Wildman–Crippen LogP) is 4.53. The van der Waals surface area contributed by atoms with Crippen molar-refractivity contribution in [3.63, 3.8) is 0 Å². The normalized spacial score (nSPS) is 16.7. The first kappa shape index (κ1) is 21.0. The summed E-state index contributed by atoms with van der Waals surface area (Å²) >= 11 is 0. The van der Waals surface area contributed by atoms with E-state index in [0.717, 1.165) is 17.7 Å². The lowest BCUT2D eigenvalue weighted by atomic mass is 9.83. The molecule has 2 aromatic carbocycles. The lowest BCUT2D eigenvalue weighted by Crippen LogP contribution is -2.25. The van der Waals surface area contributed by atoms with Crippen LogP contribution in [-0.4, -0.2) is 5.97 Å². The van der Waals surface area contributed by atoms with Crippen molar-refractivity contribution >= 4 is 5.97 Å². The molecule has 1 atom stereocenters. The molecule has 154 valence electrons. The van der Waals surface area contributed by atoms with Crippen LogP contribution >= 0.6 is 0 Å². The molecular formula is C22H17F3N2O3. The van der Waals surface area contributed by atoms with Crippen molar-refractivity contribution in [3.05, 3.63) is 94.1 Å². The molecule has 8 heteroatoms. The van der Waals surface area contributed by atoms with Crippen LogP contribution in [-0.2, 0) is 27.1 Å². The summed E-state index contributed by atoms with van der Waals surface area (Å²) in [5.41, 5.74) is 5.93. The summed E-state index contributed by atoms with van der Waals surface area (Å²) in [5, 5.41) is 9.55. The Kier molecular flexibility index (Phi) is 5.83. The fourth-order valence-electron chi connectivity index (χ4n) is 3.14. The van der Waals surface area contributed by atoms with Crippen LogP contribution in [0.2, 0.25) is 0 Å². The second kappa shape index (κ2) is 8.33. The molecule has 0 amide bonds. The molecule has 1 aliphatic rings. The molecule has 0 fully saturated rings. The second-order valence-corrected chi connectivity index (χ2v) is 6.58. The van der Waals surface area contributed by atoms with Crippen molar-refractivity contribution in [1.29, 1.82) is 5.26 Å². The molecule has 0 spiro atoms. The van der Waals surface area contributed by atoms with Gasteiger partial charge in [-0.1, -0.05) is 42.5 Å². The minimum atomic E-state index is -4.51. The summed E-state index contributed by atoms with van der Waals surface area (Å²) in [7, 11) is 0. The zero-order valence-electron chi connectivity index (χ0n) is 15.9. The number of nitriles is 1. The van der Waals surface area contributed by atoms with Crippen LogP contribution in [0.5, 0.6) is 0 Å². The average molecular weight is 414 g/mol. The zero-order valence-corrected chi connectivity index (χ0v) is 15.9. The Balaban J connectivity index is 1.96. The van der Waals surface area contributed by atoms with Crippen molar-refractivity contribution in [2.24, 2.45) is 5.73 Å². The van der Waals surface area contributed by atoms with Gasteiger partial charge in [-0.05, 0) is 30.2 Å². The third-order valence-electron chi connectivity index (χ3n) is 4.61. The maximum absolute atomic E-state index is 12.9. The lowest BCUT2D eigenvalue weighted by Gasteiger charge is -2.27. The van der Waals surface area contributed by atoms with Crippen LogP contribution in [0.15, 0.2) is 77.4 Å². The van der Waals surface area contributed by atoms with E-state index in [1.54, 1.807) is 24.3 Å². The van der Waals surface area contributed by atoms with Gasteiger partial charge in [-0.2, -0.15) is 18.4 Å². The Labute approximate surface area is 170 Å². The van der Waals surface area contributed by atoms with Gasteiger partial charge in [-0.3, -0.25) is 0 Å². The number of carbonyl (C=O) groups excluding carboxylic acids is 1. The standard InChI is InChI=1S/C22H17F3N2O3/c1-13-18(21(28)29-12-14-5-3-2-4-6-14)19(17(11-26)20(27)30-13)15-7-9-16(10-8-15)22(23,24)25/h2-10,19H,12,27H2,1H3/t19-/m0/s1. The highest BCUT2D eigenvalue weighted by molar-refractivity contribution is 5.92. The number of nitrogens with zero attached hydrogens (tertiary/aromatic N) is 1. The third-order valence-corrected chi connectivity index (χ3v) is 4.61. The minimum absolute atomic E-state index is 0.0106. The van der Waals surface area contributed by atoms with E-state index in [9.17, 15) is 23.2 Å². The molecule has 0 bridgehead atoms. The van der Waals surface area contributed by atoms with Gasteiger partial charge in [-0.15, -0.1) is 0 Å². The van der Waals surface area contributed by atoms with Gasteiger partial charge in [0.1, 0.15) is 24.0 Å². The van der Waals surface area contributed by atoms with Crippen molar-refractivity contribution < 1.29 is 27.4 Å². The molecule has 5 nitrogen and oxygen atoms in total. The molecular weight excluding hydrogens is 397 g/mol. The van der Waals surface area contributed by atoms with E-state index in [0.29, 0.717) is 0 Å². The summed E-state index contributed by atoms with van der Waals surface area (Å²) in [6, 6.07) is 15.0. The van der Waals surface area contributed by atoms with Crippen molar-refractivity contribution in [3.8, 4) is 6.07 Å².